The molecule has 0 aromatic heterocycles. The van der Waals surface area contributed by atoms with Crippen LogP contribution >= 0.6 is 0 Å². The van der Waals surface area contributed by atoms with Crippen LogP contribution in [0, 0.1) is 0 Å². The molecule has 43 heavy (non-hydrogen) atoms. The lowest BCUT2D eigenvalue weighted by atomic mass is 9.76. The summed E-state index contributed by atoms with van der Waals surface area (Å²) in [6.07, 6.45) is 3.64. The van der Waals surface area contributed by atoms with Gasteiger partial charge < -0.3 is 26.2 Å². The molecular formula is C37H47N3O3. The highest BCUT2D eigenvalue weighted by Crippen LogP contribution is 2.39. The molecule has 0 atom stereocenters. The molecule has 5 N–H and O–H groups in total. The predicted octanol–water partition coefficient (Wildman–Crippen LogP) is 8.84. The zero-order valence-corrected chi connectivity index (χ0v) is 26.5. The molecule has 0 saturated heterocycles. The quantitative estimate of drug-likeness (QED) is 0.0718. The zero-order valence-electron chi connectivity index (χ0n) is 26.5. The Morgan fingerprint density at radius 3 is 2.21 bits per heavy atom. The van der Waals surface area contributed by atoms with Crippen LogP contribution in [0.1, 0.15) is 88.7 Å². The van der Waals surface area contributed by atoms with E-state index < -0.39 is 0 Å². The van der Waals surface area contributed by atoms with Gasteiger partial charge in [0.1, 0.15) is 11.5 Å². The van der Waals surface area contributed by atoms with E-state index in [1.54, 1.807) is 6.07 Å². The summed E-state index contributed by atoms with van der Waals surface area (Å²) < 4.78 is 6.30. The second kappa shape index (κ2) is 13.4. The molecule has 6 nitrogen and oxygen atoms in total. The minimum absolute atomic E-state index is 0.00652. The van der Waals surface area contributed by atoms with Crippen molar-refractivity contribution in [2.75, 3.05) is 24.2 Å². The van der Waals surface area contributed by atoms with Gasteiger partial charge in [0.15, 0.2) is 0 Å². The number of phenols is 1. The van der Waals surface area contributed by atoms with Crippen molar-refractivity contribution < 1.29 is 14.6 Å². The number of phenolic OH excluding ortho intramolecular Hbond substituents is 1. The average Bonchev–Trinajstić information content (AvgIpc) is 3.01. The number of nitrogen functional groups attached to an aromatic ring is 1. The third kappa shape index (κ3) is 7.42. The molecule has 6 heteroatoms. The van der Waals surface area contributed by atoms with Crippen molar-refractivity contribution in [3.05, 3.63) is 89.5 Å². The summed E-state index contributed by atoms with van der Waals surface area (Å²) in [6.45, 7) is 14.6. The number of anilines is 3. The number of nitrogens with one attached hydrogen (secondary N) is 2. The van der Waals surface area contributed by atoms with E-state index >= 15 is 0 Å². The fourth-order valence-electron chi connectivity index (χ4n) is 5.07. The Morgan fingerprint density at radius 1 is 0.860 bits per heavy atom. The van der Waals surface area contributed by atoms with Gasteiger partial charge in [-0.25, -0.2) is 0 Å². The summed E-state index contributed by atoms with van der Waals surface area (Å²) in [5.41, 5.74) is 11.0. The summed E-state index contributed by atoms with van der Waals surface area (Å²) in [5.74, 6) is 0.597. The number of benzene rings is 4. The second-order valence-electron chi connectivity index (χ2n) is 12.6. The van der Waals surface area contributed by atoms with Crippen molar-refractivity contribution in [2.45, 2.75) is 78.1 Å². The summed E-state index contributed by atoms with van der Waals surface area (Å²) >= 11 is 0. The maximum Gasteiger partial charge on any atom is 0.255 e. The number of hydrogen-bond acceptors (Lipinski definition) is 5. The van der Waals surface area contributed by atoms with Crippen molar-refractivity contribution in [1.29, 1.82) is 0 Å². The number of unbranched alkanes of at least 4 members (excludes halogenated alkanes) is 1. The van der Waals surface area contributed by atoms with Crippen LogP contribution in [0.15, 0.2) is 72.8 Å². The summed E-state index contributed by atoms with van der Waals surface area (Å²) in [4.78, 5) is 13.2. The zero-order chi connectivity index (χ0) is 31.2. The van der Waals surface area contributed by atoms with E-state index in [1.165, 1.54) is 11.1 Å². The first kappa shape index (κ1) is 31.7. The third-order valence-electron chi connectivity index (χ3n) is 8.82. The Labute approximate surface area is 256 Å². The standard InChI is InChI=1S/C37H47N3O3/c1-7-36(3,4)25-15-20-33(31(23-25)37(5,6)8-2)43-22-12-11-21-39-35(42)30-24-32(40-27-18-16-26(38)17-19-27)28-13-9-10-14-29(28)34(30)41/h9-10,13-20,23-24,40-41H,7-8,11-12,21-22,38H2,1-6H3,(H,39,42). The first-order valence-corrected chi connectivity index (χ1v) is 15.4. The smallest absolute Gasteiger partial charge is 0.255 e. The van der Waals surface area contributed by atoms with Gasteiger partial charge in [-0.2, -0.15) is 0 Å². The molecule has 0 heterocycles. The summed E-state index contributed by atoms with van der Waals surface area (Å²) in [5, 5.41) is 18.8. The maximum absolute atomic E-state index is 13.2. The molecule has 0 saturated carbocycles. The maximum atomic E-state index is 13.2. The van der Waals surface area contributed by atoms with E-state index in [9.17, 15) is 9.90 Å². The van der Waals surface area contributed by atoms with Crippen LogP contribution in [-0.2, 0) is 10.8 Å². The largest absolute Gasteiger partial charge is 0.506 e. The van der Waals surface area contributed by atoms with Gasteiger partial charge in [0.25, 0.3) is 5.91 Å². The highest BCUT2D eigenvalue weighted by molar-refractivity contribution is 6.08. The number of carbonyl (C=O) groups excluding carboxylic acids is 1. The van der Waals surface area contributed by atoms with Crippen LogP contribution in [0.3, 0.4) is 0 Å². The van der Waals surface area contributed by atoms with E-state index in [0.717, 1.165) is 48.2 Å². The van der Waals surface area contributed by atoms with Gasteiger partial charge in [-0.15, -0.1) is 0 Å². The SMILES string of the molecule is CCC(C)(C)c1ccc(OCCCCNC(=O)c2cc(Nc3ccc(N)cc3)c3ccccc3c2O)c(C(C)(C)CC)c1. The molecular weight excluding hydrogens is 534 g/mol. The lowest BCUT2D eigenvalue weighted by molar-refractivity contribution is 0.0950. The minimum Gasteiger partial charge on any atom is -0.506 e. The summed E-state index contributed by atoms with van der Waals surface area (Å²) in [6, 6.07) is 23.2. The number of aromatic hydroxyl groups is 1. The Hall–Kier alpha value is -4.19. The Balaban J connectivity index is 1.39. The van der Waals surface area contributed by atoms with E-state index in [-0.39, 0.29) is 28.1 Å². The van der Waals surface area contributed by atoms with Gasteiger partial charge in [-0.1, -0.05) is 77.9 Å². The Kier molecular flexibility index (Phi) is 9.90. The molecule has 0 bridgehead atoms. The molecule has 0 spiro atoms. The van der Waals surface area contributed by atoms with Crippen LogP contribution < -0.4 is 21.1 Å². The predicted molar refractivity (Wildman–Crippen MR) is 180 cm³/mol. The molecule has 4 aromatic rings. The molecule has 4 rings (SSSR count). The molecule has 0 aliphatic carbocycles. The van der Waals surface area contributed by atoms with Crippen LogP contribution in [0.25, 0.3) is 10.8 Å². The third-order valence-corrected chi connectivity index (χ3v) is 8.82. The van der Waals surface area contributed by atoms with Crippen molar-refractivity contribution in [2.24, 2.45) is 0 Å². The Bertz CT molecular complexity index is 1560. The summed E-state index contributed by atoms with van der Waals surface area (Å²) in [7, 11) is 0. The highest BCUT2D eigenvalue weighted by atomic mass is 16.5. The van der Waals surface area contributed by atoms with E-state index in [4.69, 9.17) is 10.5 Å². The highest BCUT2D eigenvalue weighted by Gasteiger charge is 2.26. The van der Waals surface area contributed by atoms with Crippen molar-refractivity contribution in [3.63, 3.8) is 0 Å². The number of carbonyl (C=O) groups is 1. The topological polar surface area (TPSA) is 96.6 Å². The molecule has 0 aliphatic heterocycles. The molecule has 0 unspecified atom stereocenters. The number of hydrogen-bond donors (Lipinski definition) is 4. The molecule has 1 amide bonds. The van der Waals surface area contributed by atoms with Crippen molar-refractivity contribution in [3.8, 4) is 11.5 Å². The van der Waals surface area contributed by atoms with Crippen LogP contribution in [0.5, 0.6) is 11.5 Å². The first-order valence-electron chi connectivity index (χ1n) is 15.4. The van der Waals surface area contributed by atoms with Gasteiger partial charge >= 0.3 is 0 Å². The number of rotatable bonds is 13. The average molecular weight is 582 g/mol. The fraction of sp³-hybridized carbons (Fsp3) is 0.378. The van der Waals surface area contributed by atoms with Gasteiger partial charge in [0, 0.05) is 39.9 Å². The van der Waals surface area contributed by atoms with Crippen molar-refractivity contribution >= 4 is 33.7 Å². The van der Waals surface area contributed by atoms with Gasteiger partial charge in [0.05, 0.1) is 12.2 Å². The Morgan fingerprint density at radius 2 is 1.53 bits per heavy atom. The van der Waals surface area contributed by atoms with Gasteiger partial charge in [-0.05, 0) is 78.5 Å². The fourth-order valence-corrected chi connectivity index (χ4v) is 5.07. The van der Waals surface area contributed by atoms with Crippen molar-refractivity contribution in [1.82, 2.24) is 5.32 Å². The molecule has 0 aliphatic rings. The van der Waals surface area contributed by atoms with E-state index in [2.05, 4.69) is 70.4 Å². The number of fused-ring (bicyclic) bond motifs is 1. The molecule has 0 radical (unpaired) electrons. The first-order chi connectivity index (χ1) is 20.5. The number of amides is 1. The number of nitrogens with two attached hydrogens (primary N) is 1. The van der Waals surface area contributed by atoms with Crippen LogP contribution in [0.2, 0.25) is 0 Å². The molecule has 0 fully saturated rings. The van der Waals surface area contributed by atoms with Gasteiger partial charge in [-0.3, -0.25) is 4.79 Å². The minimum atomic E-state index is -0.314. The van der Waals surface area contributed by atoms with E-state index in [1.807, 2.05) is 48.5 Å². The molecule has 228 valence electrons. The second-order valence-corrected chi connectivity index (χ2v) is 12.6. The number of ether oxygens (including phenoxy) is 1. The van der Waals surface area contributed by atoms with E-state index in [0.29, 0.717) is 24.2 Å². The monoisotopic (exact) mass is 581 g/mol. The normalized spacial score (nSPS) is 11.9. The lowest BCUT2D eigenvalue weighted by Gasteiger charge is -2.30. The lowest BCUT2D eigenvalue weighted by Crippen LogP contribution is -2.25. The molecule has 4 aromatic carbocycles. The van der Waals surface area contributed by atoms with Crippen LogP contribution in [-0.4, -0.2) is 24.2 Å². The van der Waals surface area contributed by atoms with Gasteiger partial charge in [0.2, 0.25) is 0 Å². The van der Waals surface area contributed by atoms with Crippen LogP contribution in [0.4, 0.5) is 17.1 Å².